The lowest BCUT2D eigenvalue weighted by molar-refractivity contribution is -0.164. The monoisotopic (exact) mass is 668 g/mol. The van der Waals surface area contributed by atoms with Crippen LogP contribution in [0.5, 0.6) is 0 Å². The Balaban J connectivity index is 0.00000276. The average Bonchev–Trinajstić information content (AvgIpc) is 3.40. The van der Waals surface area contributed by atoms with E-state index >= 15 is 0 Å². The van der Waals surface area contributed by atoms with Crippen molar-refractivity contribution >= 4 is 48.2 Å². The van der Waals surface area contributed by atoms with Gasteiger partial charge in [-0.25, -0.2) is 9.78 Å². The molecule has 2 fully saturated rings. The molecule has 0 unspecified atom stereocenters. The predicted octanol–water partition coefficient (Wildman–Crippen LogP) is 6.92. The molecule has 3 aromatic rings. The molecule has 2 aliphatic rings. The first-order valence-corrected chi connectivity index (χ1v) is 14.3. The van der Waals surface area contributed by atoms with Crippen LogP contribution in [0.25, 0.3) is 11.1 Å². The summed E-state index contributed by atoms with van der Waals surface area (Å²) in [5.41, 5.74) is 1.65. The van der Waals surface area contributed by atoms with E-state index in [0.29, 0.717) is 55.5 Å². The summed E-state index contributed by atoms with van der Waals surface area (Å²) in [6.07, 6.45) is 0.0452. The highest BCUT2D eigenvalue weighted by molar-refractivity contribution is 6.04. The third-order valence-electron chi connectivity index (χ3n) is 8.66. The van der Waals surface area contributed by atoms with Crippen LogP contribution in [0.2, 0.25) is 0 Å². The summed E-state index contributed by atoms with van der Waals surface area (Å²) in [7, 11) is 1.42. The molecule has 0 saturated carbocycles. The number of carboxylic acids is 1. The number of piperidine rings is 1. The molecular weight excluding hydrogens is 632 g/mol. The number of pyridine rings is 1. The fourth-order valence-corrected chi connectivity index (χ4v) is 5.88. The maximum atomic E-state index is 13.1. The summed E-state index contributed by atoms with van der Waals surface area (Å²) < 4.78 is 44.7. The topological polar surface area (TPSA) is 95.0 Å². The number of carbonyl (C=O) groups excluding carboxylic acids is 1. The average molecular weight is 670 g/mol. The summed E-state index contributed by atoms with van der Waals surface area (Å²) in [5.74, 6) is -0.947. The van der Waals surface area contributed by atoms with E-state index < -0.39 is 23.3 Å². The van der Waals surface area contributed by atoms with Gasteiger partial charge in [0.1, 0.15) is 5.82 Å². The maximum absolute atomic E-state index is 13.1. The summed E-state index contributed by atoms with van der Waals surface area (Å²) in [6, 6.07) is 14.3. The van der Waals surface area contributed by atoms with Crippen molar-refractivity contribution in [2.75, 3.05) is 37.0 Å². The lowest BCUT2D eigenvalue weighted by Crippen LogP contribution is -2.50. The van der Waals surface area contributed by atoms with Gasteiger partial charge in [-0.1, -0.05) is 12.1 Å². The van der Waals surface area contributed by atoms with Gasteiger partial charge in [0.25, 0.3) is 5.91 Å². The number of rotatable bonds is 8. The van der Waals surface area contributed by atoms with Crippen LogP contribution in [-0.4, -0.2) is 65.3 Å². The van der Waals surface area contributed by atoms with Crippen LogP contribution in [0.15, 0.2) is 60.8 Å². The van der Waals surface area contributed by atoms with E-state index in [0.717, 1.165) is 48.3 Å². The molecule has 0 radical (unpaired) electrons. The van der Waals surface area contributed by atoms with Crippen molar-refractivity contribution < 1.29 is 32.6 Å². The molecule has 2 aromatic carbocycles. The number of nitrogens with one attached hydrogen (secondary N) is 1. The van der Waals surface area contributed by atoms with E-state index in [4.69, 9.17) is 4.74 Å². The molecule has 0 bridgehead atoms. The van der Waals surface area contributed by atoms with E-state index in [-0.39, 0.29) is 30.7 Å². The van der Waals surface area contributed by atoms with Gasteiger partial charge in [-0.3, -0.25) is 9.69 Å². The molecule has 1 amide bonds. The van der Waals surface area contributed by atoms with Crippen molar-refractivity contribution in [1.29, 1.82) is 0 Å². The predicted molar refractivity (Wildman–Crippen MR) is 171 cm³/mol. The number of alkyl halides is 3. The molecule has 45 heavy (non-hydrogen) atoms. The smallest absolute Gasteiger partial charge is 0.416 e. The van der Waals surface area contributed by atoms with Crippen LogP contribution in [0.1, 0.15) is 54.1 Å². The lowest BCUT2D eigenvalue weighted by atomic mass is 9.91. The van der Waals surface area contributed by atoms with Crippen LogP contribution >= 0.6 is 24.8 Å². The Labute approximate surface area is 272 Å². The van der Waals surface area contributed by atoms with Crippen LogP contribution in [0, 0.1) is 0 Å². The lowest BCUT2D eigenvalue weighted by Gasteiger charge is -2.38. The number of amides is 1. The molecule has 0 spiro atoms. The number of aliphatic carboxylic acids is 1. The van der Waals surface area contributed by atoms with Crippen molar-refractivity contribution in [3.05, 3.63) is 77.5 Å². The van der Waals surface area contributed by atoms with Crippen molar-refractivity contribution in [3.63, 3.8) is 0 Å². The molecule has 3 heterocycles. The molecule has 8 nitrogen and oxygen atoms in total. The van der Waals surface area contributed by atoms with Crippen molar-refractivity contribution in [2.24, 2.45) is 0 Å². The number of hydrogen-bond acceptors (Lipinski definition) is 6. The van der Waals surface area contributed by atoms with Gasteiger partial charge in [0.15, 0.2) is 5.60 Å². The number of benzene rings is 2. The van der Waals surface area contributed by atoms with Gasteiger partial charge in [0.2, 0.25) is 0 Å². The number of aromatic nitrogens is 1. The number of carboxylic acid groups (broad SMARTS) is 1. The number of nitrogens with zero attached hydrogens (tertiary/aromatic N) is 3. The van der Waals surface area contributed by atoms with Crippen molar-refractivity contribution in [3.8, 4) is 11.1 Å². The van der Waals surface area contributed by atoms with Crippen molar-refractivity contribution in [1.82, 2.24) is 9.88 Å². The Morgan fingerprint density at radius 2 is 1.69 bits per heavy atom. The van der Waals surface area contributed by atoms with Crippen LogP contribution in [-0.2, 0) is 22.3 Å². The minimum Gasteiger partial charge on any atom is -0.479 e. The molecule has 0 aliphatic carbocycles. The fourth-order valence-electron chi connectivity index (χ4n) is 5.88. The summed E-state index contributed by atoms with van der Waals surface area (Å²) >= 11 is 0. The van der Waals surface area contributed by atoms with Gasteiger partial charge in [-0.15, -0.1) is 24.8 Å². The zero-order valence-electron chi connectivity index (χ0n) is 25.0. The van der Waals surface area contributed by atoms with Gasteiger partial charge in [0.05, 0.1) is 5.56 Å². The van der Waals surface area contributed by atoms with E-state index in [2.05, 4.69) is 27.0 Å². The maximum Gasteiger partial charge on any atom is 0.416 e. The number of halogens is 5. The Morgan fingerprint density at radius 3 is 2.22 bits per heavy atom. The minimum atomic E-state index is -4.42. The Bertz CT molecular complexity index is 1460. The summed E-state index contributed by atoms with van der Waals surface area (Å²) in [4.78, 5) is 33.6. The van der Waals surface area contributed by atoms with Gasteiger partial charge < -0.3 is 20.1 Å². The van der Waals surface area contributed by atoms with Gasteiger partial charge in [-0.05, 0) is 79.9 Å². The number of ether oxygens (including phenoxy) is 1. The fraction of sp³-hybridized carbons (Fsp3) is 0.406. The van der Waals surface area contributed by atoms with Crippen LogP contribution in [0.3, 0.4) is 0 Å². The molecule has 244 valence electrons. The zero-order chi connectivity index (χ0) is 30.8. The molecule has 5 rings (SSSR count). The third-order valence-corrected chi connectivity index (χ3v) is 8.66. The van der Waals surface area contributed by atoms with E-state index in [9.17, 15) is 27.9 Å². The number of carbonyl (C=O) groups is 2. The first kappa shape index (κ1) is 36.1. The Hall–Kier alpha value is -3.38. The molecular formula is C32H37Cl2F3N4O4. The Kier molecular flexibility index (Phi) is 11.9. The second-order valence-corrected chi connectivity index (χ2v) is 11.3. The molecule has 13 heteroatoms. The number of methoxy groups -OCH3 is 1. The van der Waals surface area contributed by atoms with Crippen LogP contribution in [0.4, 0.5) is 24.7 Å². The number of anilines is 2. The second kappa shape index (κ2) is 14.8. The molecule has 2 aliphatic heterocycles. The molecule has 2 N–H and O–H groups in total. The Morgan fingerprint density at radius 1 is 1.04 bits per heavy atom. The van der Waals surface area contributed by atoms with E-state index in [1.54, 1.807) is 24.4 Å². The zero-order valence-corrected chi connectivity index (χ0v) is 26.6. The largest absolute Gasteiger partial charge is 0.479 e. The van der Waals surface area contributed by atoms with Crippen LogP contribution < -0.4 is 10.2 Å². The third kappa shape index (κ3) is 8.07. The van der Waals surface area contributed by atoms with Crippen molar-refractivity contribution in [2.45, 2.75) is 57.0 Å². The number of hydrogen-bond donors (Lipinski definition) is 2. The highest BCUT2D eigenvalue weighted by atomic mass is 35.5. The molecule has 1 atom stereocenters. The standard InChI is InChI=1S/C32H35F3N4O4.2ClH/c1-21-4-3-15-39(21)20-24-18-28(36-19-27(24)22-5-9-25(10-6-22)32(33,34)35)37-29(40)23-7-11-26(12-8-23)38-16-13-31(43-2,14-17-38)30(41)42;;/h5-12,18-19,21H,3-4,13-17,20H2,1-2H3,(H,41,42)(H,36,37,40);2*1H/t21-;;/m1../s1. The molecule has 2 saturated heterocycles. The SMILES string of the molecule is COC1(C(=O)O)CCN(c2ccc(C(=O)Nc3cc(CN4CCC[C@H]4C)c(-c4ccc(C(F)(F)F)cc4)cn3)cc2)CC1.Cl.Cl. The van der Waals surface area contributed by atoms with Gasteiger partial charge in [0, 0.05) is 68.6 Å². The molecule has 1 aromatic heterocycles. The second-order valence-electron chi connectivity index (χ2n) is 11.3. The highest BCUT2D eigenvalue weighted by Gasteiger charge is 2.41. The highest BCUT2D eigenvalue weighted by Crippen LogP contribution is 2.34. The summed E-state index contributed by atoms with van der Waals surface area (Å²) in [6.45, 7) is 4.68. The first-order chi connectivity index (χ1) is 20.5. The number of likely N-dealkylation sites (tertiary alicyclic amines) is 1. The van der Waals surface area contributed by atoms with E-state index in [1.807, 2.05) is 12.1 Å². The first-order valence-electron chi connectivity index (χ1n) is 14.3. The van der Waals surface area contributed by atoms with Gasteiger partial charge >= 0.3 is 12.1 Å². The van der Waals surface area contributed by atoms with Gasteiger partial charge in [-0.2, -0.15) is 13.2 Å². The van der Waals surface area contributed by atoms with E-state index in [1.165, 1.54) is 19.2 Å². The quantitative estimate of drug-likeness (QED) is 0.269. The minimum absolute atomic E-state index is 0. The summed E-state index contributed by atoms with van der Waals surface area (Å²) in [5, 5.41) is 12.4. The normalized spacial score (nSPS) is 18.1.